The summed E-state index contributed by atoms with van der Waals surface area (Å²) < 4.78 is 0. The van der Waals surface area contributed by atoms with Gasteiger partial charge in [-0.25, -0.2) is 0 Å². The molecule has 1 fully saturated rings. The lowest BCUT2D eigenvalue weighted by Gasteiger charge is -2.30. The molecule has 0 saturated carbocycles. The maximum absolute atomic E-state index is 12.5. The number of amides is 1. The van der Waals surface area contributed by atoms with Crippen LogP contribution < -0.4 is 5.73 Å². The first-order valence-corrected chi connectivity index (χ1v) is 8.95. The number of carbonyl (C=O) groups is 1. The Kier molecular flexibility index (Phi) is 4.43. The number of nitrogens with zero attached hydrogens (tertiary/aromatic N) is 2. The maximum atomic E-state index is 12.5. The lowest BCUT2D eigenvalue weighted by molar-refractivity contribution is 0.0724. The molecule has 2 aliphatic heterocycles. The Labute approximate surface area is 136 Å². The van der Waals surface area contributed by atoms with Crippen LogP contribution in [0.3, 0.4) is 0 Å². The van der Waals surface area contributed by atoms with E-state index < -0.39 is 0 Å². The Morgan fingerprint density at radius 3 is 2.55 bits per heavy atom. The van der Waals surface area contributed by atoms with E-state index in [2.05, 4.69) is 11.9 Å². The summed E-state index contributed by atoms with van der Waals surface area (Å²) in [5, 5.41) is 0.655. The van der Waals surface area contributed by atoms with Gasteiger partial charge in [0.05, 0.1) is 5.54 Å². The molecule has 2 aliphatic rings. The fourth-order valence-corrected chi connectivity index (χ4v) is 4.12. The quantitative estimate of drug-likeness (QED) is 0.912. The largest absolute Gasteiger partial charge is 0.379 e. The third kappa shape index (κ3) is 3.14. The van der Waals surface area contributed by atoms with Crippen LogP contribution in [0.1, 0.15) is 48.5 Å². The van der Waals surface area contributed by atoms with Gasteiger partial charge in [-0.15, -0.1) is 0 Å². The first-order valence-electron chi connectivity index (χ1n) is 7.96. The predicted octanol–water partition coefficient (Wildman–Crippen LogP) is 2.98. The molecular formula is C17H23N3OS. The van der Waals surface area contributed by atoms with Crippen LogP contribution in [0.25, 0.3) is 0 Å². The van der Waals surface area contributed by atoms with Gasteiger partial charge >= 0.3 is 0 Å². The van der Waals surface area contributed by atoms with Crippen LogP contribution in [0.4, 0.5) is 0 Å². The van der Waals surface area contributed by atoms with Gasteiger partial charge in [0.1, 0.15) is 0 Å². The van der Waals surface area contributed by atoms with Gasteiger partial charge in [0.25, 0.3) is 5.91 Å². The Hall–Kier alpha value is -1.49. The number of hydrogen-bond acceptors (Lipinski definition) is 4. The minimum absolute atomic E-state index is 0.151. The summed E-state index contributed by atoms with van der Waals surface area (Å²) in [4.78, 5) is 19.1. The van der Waals surface area contributed by atoms with E-state index >= 15 is 0 Å². The summed E-state index contributed by atoms with van der Waals surface area (Å²) in [7, 11) is 0. The van der Waals surface area contributed by atoms with Crippen LogP contribution in [-0.2, 0) is 5.54 Å². The van der Waals surface area contributed by atoms with Gasteiger partial charge in [-0.1, -0.05) is 23.9 Å². The predicted molar refractivity (Wildman–Crippen MR) is 92.2 cm³/mol. The van der Waals surface area contributed by atoms with Crippen molar-refractivity contribution in [1.82, 2.24) is 4.90 Å². The number of piperidine rings is 1. The number of rotatable bonds is 2. The normalized spacial score (nSPS) is 25.7. The Balaban J connectivity index is 1.78. The van der Waals surface area contributed by atoms with Crippen molar-refractivity contribution in [2.24, 2.45) is 10.7 Å². The molecule has 1 aromatic rings. The first-order chi connectivity index (χ1) is 10.6. The van der Waals surface area contributed by atoms with Crippen LogP contribution in [0.5, 0.6) is 0 Å². The number of benzene rings is 1. The molecule has 22 heavy (non-hydrogen) atoms. The smallest absolute Gasteiger partial charge is 0.253 e. The molecule has 0 aliphatic carbocycles. The van der Waals surface area contributed by atoms with Gasteiger partial charge in [-0.2, -0.15) is 0 Å². The van der Waals surface area contributed by atoms with E-state index in [4.69, 9.17) is 5.73 Å². The zero-order valence-corrected chi connectivity index (χ0v) is 13.9. The minimum atomic E-state index is -0.262. The molecule has 1 unspecified atom stereocenters. The number of nitrogens with two attached hydrogens (primary N) is 1. The average molecular weight is 317 g/mol. The SMILES string of the molecule is CC1(c2ccc(C(=O)N3CCCCC3)cc2)CCSC(N)=N1. The molecule has 0 radical (unpaired) electrons. The Morgan fingerprint density at radius 2 is 1.91 bits per heavy atom. The molecule has 1 saturated heterocycles. The van der Waals surface area contributed by atoms with Crippen molar-refractivity contribution >= 4 is 22.8 Å². The molecule has 0 aromatic heterocycles. The van der Waals surface area contributed by atoms with Gasteiger partial charge in [0, 0.05) is 24.4 Å². The van der Waals surface area contributed by atoms with Crippen LogP contribution in [-0.4, -0.2) is 34.8 Å². The lowest BCUT2D eigenvalue weighted by atomic mass is 9.89. The molecule has 1 aromatic carbocycles. The number of amidine groups is 1. The maximum Gasteiger partial charge on any atom is 0.253 e. The summed E-state index contributed by atoms with van der Waals surface area (Å²) in [5.74, 6) is 1.14. The zero-order valence-electron chi connectivity index (χ0n) is 13.0. The molecular weight excluding hydrogens is 294 g/mol. The molecule has 118 valence electrons. The number of aliphatic imine (C=N–C) groups is 1. The second kappa shape index (κ2) is 6.32. The van der Waals surface area contributed by atoms with Crippen molar-refractivity contribution in [3.8, 4) is 0 Å². The third-order valence-corrected chi connectivity index (χ3v) is 5.39. The molecule has 0 spiro atoms. The fourth-order valence-electron chi connectivity index (χ4n) is 3.15. The van der Waals surface area contributed by atoms with Crippen molar-refractivity contribution in [3.63, 3.8) is 0 Å². The van der Waals surface area contributed by atoms with Gasteiger partial charge in [0.2, 0.25) is 0 Å². The summed E-state index contributed by atoms with van der Waals surface area (Å²) >= 11 is 1.61. The molecule has 3 rings (SSSR count). The molecule has 4 nitrogen and oxygen atoms in total. The van der Waals surface area contributed by atoms with Gasteiger partial charge < -0.3 is 10.6 Å². The fraction of sp³-hybridized carbons (Fsp3) is 0.529. The first kappa shape index (κ1) is 15.4. The zero-order chi connectivity index (χ0) is 15.6. The summed E-state index contributed by atoms with van der Waals surface area (Å²) in [5.41, 5.74) is 7.52. The topological polar surface area (TPSA) is 58.7 Å². The van der Waals surface area contributed by atoms with Gasteiger partial charge in [-0.05, 0) is 50.3 Å². The van der Waals surface area contributed by atoms with E-state index in [1.165, 1.54) is 6.42 Å². The second-order valence-electron chi connectivity index (χ2n) is 6.25. The Morgan fingerprint density at radius 1 is 1.23 bits per heavy atom. The van der Waals surface area contributed by atoms with Gasteiger partial charge in [-0.3, -0.25) is 9.79 Å². The second-order valence-corrected chi connectivity index (χ2v) is 7.37. The number of likely N-dealkylation sites (tertiary alicyclic amines) is 1. The van der Waals surface area contributed by atoms with Gasteiger partial charge in [0.15, 0.2) is 5.17 Å². The Bertz CT molecular complexity index is 578. The van der Waals surface area contributed by atoms with Crippen LogP contribution in [0.2, 0.25) is 0 Å². The van der Waals surface area contributed by atoms with Crippen molar-refractivity contribution in [1.29, 1.82) is 0 Å². The lowest BCUT2D eigenvalue weighted by Crippen LogP contribution is -2.35. The molecule has 2 N–H and O–H groups in total. The molecule has 5 heteroatoms. The van der Waals surface area contributed by atoms with E-state index in [0.29, 0.717) is 5.17 Å². The number of thioether (sulfide) groups is 1. The van der Waals surface area contributed by atoms with Crippen molar-refractivity contribution in [2.75, 3.05) is 18.8 Å². The summed E-state index contributed by atoms with van der Waals surface area (Å²) in [6.07, 6.45) is 4.44. The van der Waals surface area contributed by atoms with E-state index in [9.17, 15) is 4.79 Å². The highest BCUT2D eigenvalue weighted by Crippen LogP contribution is 2.35. The highest BCUT2D eigenvalue weighted by molar-refractivity contribution is 8.13. The van der Waals surface area contributed by atoms with E-state index in [1.54, 1.807) is 11.8 Å². The number of hydrogen-bond donors (Lipinski definition) is 1. The third-order valence-electron chi connectivity index (χ3n) is 4.59. The summed E-state index contributed by atoms with van der Waals surface area (Å²) in [6, 6.07) is 7.93. The number of carbonyl (C=O) groups excluding carboxylic acids is 1. The molecule has 1 atom stereocenters. The highest BCUT2D eigenvalue weighted by atomic mass is 32.2. The van der Waals surface area contributed by atoms with Crippen LogP contribution >= 0.6 is 11.8 Å². The molecule has 1 amide bonds. The van der Waals surface area contributed by atoms with E-state index in [0.717, 1.165) is 49.2 Å². The van der Waals surface area contributed by atoms with Crippen LogP contribution in [0.15, 0.2) is 29.3 Å². The van der Waals surface area contributed by atoms with Crippen molar-refractivity contribution in [2.45, 2.75) is 38.1 Å². The van der Waals surface area contributed by atoms with E-state index in [-0.39, 0.29) is 11.4 Å². The monoisotopic (exact) mass is 317 g/mol. The molecule has 0 bridgehead atoms. The van der Waals surface area contributed by atoms with Crippen molar-refractivity contribution in [3.05, 3.63) is 35.4 Å². The highest BCUT2D eigenvalue weighted by Gasteiger charge is 2.29. The standard InChI is InChI=1S/C17H23N3OS/c1-17(9-12-22-16(18)19-17)14-7-5-13(6-8-14)15(21)20-10-3-2-4-11-20/h5-8H,2-4,9-12H2,1H3,(H2,18,19). The summed E-state index contributed by atoms with van der Waals surface area (Å²) in [6.45, 7) is 3.88. The molecule has 2 heterocycles. The van der Waals surface area contributed by atoms with E-state index in [1.807, 2.05) is 29.2 Å². The van der Waals surface area contributed by atoms with Crippen molar-refractivity contribution < 1.29 is 4.79 Å². The average Bonchev–Trinajstić information content (AvgIpc) is 2.55. The van der Waals surface area contributed by atoms with Crippen LogP contribution in [0, 0.1) is 0 Å². The minimum Gasteiger partial charge on any atom is -0.379 e.